The largest absolute Gasteiger partial charge is 0.457 e. The summed E-state index contributed by atoms with van der Waals surface area (Å²) < 4.78 is 6.76. The SMILES string of the molecule is Cc1nc(C)n(CCCNC(=O)Nc2ccc3c(c2)C(=O)OC3)n1. The second-order valence-corrected chi connectivity index (χ2v) is 5.61. The Labute approximate surface area is 139 Å². The molecule has 8 heteroatoms. The maximum absolute atomic E-state index is 11.9. The molecule has 1 aromatic heterocycles. The molecule has 1 aliphatic heterocycles. The third-order valence-electron chi connectivity index (χ3n) is 3.74. The van der Waals surface area contributed by atoms with Gasteiger partial charge < -0.3 is 15.4 Å². The number of hydrogen-bond acceptors (Lipinski definition) is 5. The molecule has 0 spiro atoms. The van der Waals surface area contributed by atoms with Crippen molar-refractivity contribution in [1.29, 1.82) is 0 Å². The summed E-state index contributed by atoms with van der Waals surface area (Å²) in [5.41, 5.74) is 1.90. The zero-order valence-electron chi connectivity index (χ0n) is 13.6. The summed E-state index contributed by atoms with van der Waals surface area (Å²) in [6.07, 6.45) is 0.744. The summed E-state index contributed by atoms with van der Waals surface area (Å²) in [6.45, 7) is 5.25. The molecule has 1 aromatic carbocycles. The van der Waals surface area contributed by atoms with Crippen LogP contribution in [0.25, 0.3) is 0 Å². The number of fused-ring (bicyclic) bond motifs is 1. The van der Waals surface area contributed by atoms with E-state index in [4.69, 9.17) is 4.74 Å². The molecule has 1 aliphatic rings. The highest BCUT2D eigenvalue weighted by atomic mass is 16.5. The van der Waals surface area contributed by atoms with E-state index in [-0.39, 0.29) is 12.0 Å². The lowest BCUT2D eigenvalue weighted by Crippen LogP contribution is -2.30. The highest BCUT2D eigenvalue weighted by Gasteiger charge is 2.21. The van der Waals surface area contributed by atoms with Crippen molar-refractivity contribution in [3.05, 3.63) is 41.0 Å². The molecule has 8 nitrogen and oxygen atoms in total. The number of nitrogens with zero attached hydrogens (tertiary/aromatic N) is 3. The first kappa shape index (κ1) is 16.0. The van der Waals surface area contributed by atoms with Crippen LogP contribution in [-0.4, -0.2) is 33.3 Å². The average Bonchev–Trinajstić information content (AvgIpc) is 3.06. The Morgan fingerprint density at radius 1 is 1.38 bits per heavy atom. The van der Waals surface area contributed by atoms with Gasteiger partial charge in [0, 0.05) is 24.3 Å². The number of amides is 2. The number of cyclic esters (lactones) is 1. The Bertz CT molecular complexity index is 784. The summed E-state index contributed by atoms with van der Waals surface area (Å²) in [5.74, 6) is 1.25. The van der Waals surface area contributed by atoms with Crippen LogP contribution >= 0.6 is 0 Å². The Kier molecular flexibility index (Phi) is 4.45. The topological polar surface area (TPSA) is 98.1 Å². The lowest BCUT2D eigenvalue weighted by molar-refractivity contribution is 0.0535. The predicted molar refractivity (Wildman–Crippen MR) is 86.7 cm³/mol. The molecule has 0 bridgehead atoms. The maximum atomic E-state index is 11.9. The van der Waals surface area contributed by atoms with Crippen LogP contribution in [-0.2, 0) is 17.9 Å². The molecule has 24 heavy (non-hydrogen) atoms. The van der Waals surface area contributed by atoms with Crippen LogP contribution in [0.5, 0.6) is 0 Å². The molecule has 2 aromatic rings. The number of carbonyl (C=O) groups is 2. The van der Waals surface area contributed by atoms with E-state index in [2.05, 4.69) is 20.7 Å². The highest BCUT2D eigenvalue weighted by molar-refractivity contribution is 5.96. The van der Waals surface area contributed by atoms with Crippen LogP contribution in [0.2, 0.25) is 0 Å². The van der Waals surface area contributed by atoms with Crippen molar-refractivity contribution in [2.24, 2.45) is 0 Å². The van der Waals surface area contributed by atoms with E-state index in [1.807, 2.05) is 18.5 Å². The number of aromatic nitrogens is 3. The Balaban J connectivity index is 1.45. The summed E-state index contributed by atoms with van der Waals surface area (Å²) in [7, 11) is 0. The number of aryl methyl sites for hydroxylation is 3. The molecular formula is C16H19N5O3. The van der Waals surface area contributed by atoms with Crippen LogP contribution in [0.15, 0.2) is 18.2 Å². The van der Waals surface area contributed by atoms with Gasteiger partial charge in [-0.1, -0.05) is 6.07 Å². The van der Waals surface area contributed by atoms with Crippen LogP contribution in [0.4, 0.5) is 10.5 Å². The predicted octanol–water partition coefficient (Wildman–Crippen LogP) is 1.78. The minimum Gasteiger partial charge on any atom is -0.457 e. The van der Waals surface area contributed by atoms with Gasteiger partial charge in [0.1, 0.15) is 18.3 Å². The van der Waals surface area contributed by atoms with E-state index in [0.29, 0.717) is 30.9 Å². The van der Waals surface area contributed by atoms with E-state index >= 15 is 0 Å². The number of carbonyl (C=O) groups excluding carboxylic acids is 2. The van der Waals surface area contributed by atoms with E-state index in [1.165, 1.54) is 0 Å². The third-order valence-corrected chi connectivity index (χ3v) is 3.74. The fraction of sp³-hybridized carbons (Fsp3) is 0.375. The number of ether oxygens (including phenoxy) is 1. The Morgan fingerprint density at radius 2 is 2.21 bits per heavy atom. The summed E-state index contributed by atoms with van der Waals surface area (Å²) >= 11 is 0. The maximum Gasteiger partial charge on any atom is 0.338 e. The molecule has 0 saturated carbocycles. The minimum atomic E-state index is -0.354. The molecule has 0 aliphatic carbocycles. The molecule has 2 heterocycles. The van der Waals surface area contributed by atoms with Crippen molar-refractivity contribution in [2.45, 2.75) is 33.4 Å². The Morgan fingerprint density at radius 3 is 2.96 bits per heavy atom. The number of urea groups is 1. The quantitative estimate of drug-likeness (QED) is 0.643. The van der Waals surface area contributed by atoms with Gasteiger partial charge in [0.05, 0.1) is 5.56 Å². The molecule has 0 saturated heterocycles. The second kappa shape index (κ2) is 6.69. The Hall–Kier alpha value is -2.90. The zero-order chi connectivity index (χ0) is 17.1. The smallest absolute Gasteiger partial charge is 0.338 e. The van der Waals surface area contributed by atoms with Gasteiger partial charge in [0.25, 0.3) is 0 Å². The number of esters is 1. The first-order valence-corrected chi connectivity index (χ1v) is 7.76. The minimum absolute atomic E-state index is 0.293. The van der Waals surface area contributed by atoms with E-state index in [1.54, 1.807) is 18.2 Å². The van der Waals surface area contributed by atoms with Gasteiger partial charge in [0.2, 0.25) is 0 Å². The van der Waals surface area contributed by atoms with Gasteiger partial charge in [-0.3, -0.25) is 4.68 Å². The molecule has 3 rings (SSSR count). The first-order chi connectivity index (χ1) is 11.5. The monoisotopic (exact) mass is 329 g/mol. The second-order valence-electron chi connectivity index (χ2n) is 5.61. The van der Waals surface area contributed by atoms with Gasteiger partial charge >= 0.3 is 12.0 Å². The number of benzene rings is 1. The van der Waals surface area contributed by atoms with Crippen molar-refractivity contribution < 1.29 is 14.3 Å². The van der Waals surface area contributed by atoms with Crippen LogP contribution in [0, 0.1) is 13.8 Å². The third kappa shape index (κ3) is 3.53. The van der Waals surface area contributed by atoms with Crippen molar-refractivity contribution in [3.8, 4) is 0 Å². The lowest BCUT2D eigenvalue weighted by atomic mass is 10.1. The number of nitrogens with one attached hydrogen (secondary N) is 2. The van der Waals surface area contributed by atoms with E-state index < -0.39 is 0 Å². The zero-order valence-corrected chi connectivity index (χ0v) is 13.6. The van der Waals surface area contributed by atoms with E-state index in [9.17, 15) is 9.59 Å². The summed E-state index contributed by atoms with van der Waals surface area (Å²) in [6, 6.07) is 4.85. The summed E-state index contributed by atoms with van der Waals surface area (Å²) in [5, 5.41) is 9.76. The molecule has 0 radical (unpaired) electrons. The molecule has 2 amide bonds. The van der Waals surface area contributed by atoms with Gasteiger partial charge in [-0.25, -0.2) is 14.6 Å². The molecule has 0 atom stereocenters. The van der Waals surface area contributed by atoms with E-state index in [0.717, 1.165) is 23.6 Å². The van der Waals surface area contributed by atoms with Crippen LogP contribution < -0.4 is 10.6 Å². The van der Waals surface area contributed by atoms with Gasteiger partial charge in [-0.05, 0) is 32.4 Å². The van der Waals surface area contributed by atoms with Crippen molar-refractivity contribution >= 4 is 17.7 Å². The molecule has 0 fully saturated rings. The molecular weight excluding hydrogens is 310 g/mol. The molecule has 126 valence electrons. The first-order valence-electron chi connectivity index (χ1n) is 7.76. The lowest BCUT2D eigenvalue weighted by Gasteiger charge is -2.08. The molecule has 0 unspecified atom stereocenters. The average molecular weight is 329 g/mol. The van der Waals surface area contributed by atoms with Crippen molar-refractivity contribution in [3.63, 3.8) is 0 Å². The summed E-state index contributed by atoms with van der Waals surface area (Å²) in [4.78, 5) is 27.6. The molecule has 2 N–H and O–H groups in total. The normalized spacial score (nSPS) is 12.7. The fourth-order valence-corrected chi connectivity index (χ4v) is 2.57. The van der Waals surface area contributed by atoms with Crippen molar-refractivity contribution in [1.82, 2.24) is 20.1 Å². The van der Waals surface area contributed by atoms with Gasteiger partial charge in [-0.2, -0.15) is 5.10 Å². The van der Waals surface area contributed by atoms with Crippen LogP contribution in [0.1, 0.15) is 34.0 Å². The highest BCUT2D eigenvalue weighted by Crippen LogP contribution is 2.23. The van der Waals surface area contributed by atoms with Crippen molar-refractivity contribution in [2.75, 3.05) is 11.9 Å². The van der Waals surface area contributed by atoms with Gasteiger partial charge in [-0.15, -0.1) is 0 Å². The van der Waals surface area contributed by atoms with Gasteiger partial charge in [0.15, 0.2) is 0 Å². The van der Waals surface area contributed by atoms with Crippen LogP contribution in [0.3, 0.4) is 0 Å². The number of rotatable bonds is 5. The fourth-order valence-electron chi connectivity index (χ4n) is 2.57. The number of anilines is 1. The standard InChI is InChI=1S/C16H19N5O3/c1-10-18-11(2)21(20-10)7-3-6-17-16(23)19-13-5-4-12-9-24-15(22)14(12)8-13/h4-5,8H,3,6-7,9H2,1-2H3,(H2,17,19,23). The number of hydrogen-bond donors (Lipinski definition) is 2.